The molecule has 21 heavy (non-hydrogen) atoms. The largest absolute Gasteiger partial charge is 0.392 e. The van der Waals surface area contributed by atoms with Gasteiger partial charge in [-0.2, -0.15) is 0 Å². The van der Waals surface area contributed by atoms with E-state index in [1.807, 2.05) is 0 Å². The van der Waals surface area contributed by atoms with Crippen molar-refractivity contribution in [1.29, 1.82) is 0 Å². The molecule has 1 aromatic carbocycles. The van der Waals surface area contributed by atoms with E-state index >= 15 is 0 Å². The lowest BCUT2D eigenvalue weighted by atomic mass is 10.1. The van der Waals surface area contributed by atoms with Crippen LogP contribution < -0.4 is 0 Å². The Balaban J connectivity index is 3.30. The maximum atomic E-state index is 11.4. The number of carbonyl (C=O) groups is 6. The van der Waals surface area contributed by atoms with Crippen molar-refractivity contribution in [3.05, 3.63) is 34.9 Å². The maximum absolute atomic E-state index is 11.4. The van der Waals surface area contributed by atoms with Crippen LogP contribution in [0.15, 0.2) is 18.2 Å². The molecule has 0 bridgehead atoms. The van der Waals surface area contributed by atoms with E-state index in [0.29, 0.717) is 0 Å². The molecule has 0 unspecified atom stereocenters. The third kappa shape index (κ3) is 4.06. The summed E-state index contributed by atoms with van der Waals surface area (Å²) in [5, 5.41) is 0. The lowest BCUT2D eigenvalue weighted by molar-refractivity contribution is -0.124. The Morgan fingerprint density at radius 1 is 0.619 bits per heavy atom. The predicted octanol–water partition coefficient (Wildman–Crippen LogP) is -0.374. The van der Waals surface area contributed by atoms with Gasteiger partial charge in [-0.15, -0.1) is 0 Å². The minimum Gasteiger partial charge on any atom is -0.392 e. The first-order valence-corrected chi connectivity index (χ1v) is 5.12. The van der Waals surface area contributed by atoms with Crippen LogP contribution in [0, 0.1) is 0 Å². The van der Waals surface area contributed by atoms with Gasteiger partial charge >= 0.3 is 37.3 Å². The quantitative estimate of drug-likeness (QED) is 0.298. The molecule has 0 aliphatic heterocycles. The highest BCUT2D eigenvalue weighted by Gasteiger charge is 2.18. The summed E-state index contributed by atoms with van der Waals surface area (Å²) < 4.78 is 12.2. The van der Waals surface area contributed by atoms with E-state index < -0.39 is 17.9 Å². The van der Waals surface area contributed by atoms with Gasteiger partial charge in [-0.1, -0.05) is 0 Å². The van der Waals surface area contributed by atoms with Gasteiger partial charge in [0.25, 0.3) is 0 Å². The van der Waals surface area contributed by atoms with Gasteiger partial charge in [0.15, 0.2) is 0 Å². The van der Waals surface area contributed by atoms with Crippen LogP contribution in [0.1, 0.15) is 31.1 Å². The Kier molecular flexibility index (Phi) is 5.44. The van der Waals surface area contributed by atoms with Crippen molar-refractivity contribution in [2.24, 2.45) is 0 Å². The average molecular weight is 294 g/mol. The van der Waals surface area contributed by atoms with Crippen molar-refractivity contribution < 1.29 is 43.0 Å². The molecule has 0 aromatic heterocycles. The normalized spacial score (nSPS) is 9.14. The smallest absolute Gasteiger partial charge is 0.345 e. The van der Waals surface area contributed by atoms with Gasteiger partial charge in [-0.05, 0) is 18.2 Å². The lowest BCUT2D eigenvalue weighted by Gasteiger charge is -2.05. The van der Waals surface area contributed by atoms with Gasteiger partial charge in [-0.3, -0.25) is 14.4 Å². The Hall–Kier alpha value is -3.36. The van der Waals surface area contributed by atoms with Crippen LogP contribution in [0.3, 0.4) is 0 Å². The zero-order valence-electron chi connectivity index (χ0n) is 10.1. The van der Waals surface area contributed by atoms with Crippen molar-refractivity contribution in [2.45, 2.75) is 0 Å². The second-order valence-corrected chi connectivity index (χ2v) is 3.30. The van der Waals surface area contributed by atoms with E-state index in [9.17, 15) is 28.8 Å². The molecule has 0 spiro atoms. The first-order valence-electron chi connectivity index (χ1n) is 5.12. The van der Waals surface area contributed by atoms with Gasteiger partial charge in [0.1, 0.15) is 0 Å². The number of hydrogen-bond acceptors (Lipinski definition) is 9. The van der Waals surface area contributed by atoms with Crippen LogP contribution >= 0.6 is 0 Å². The molecule has 9 heteroatoms. The molecular formula is C12H6O9. The second-order valence-electron chi connectivity index (χ2n) is 3.30. The van der Waals surface area contributed by atoms with Crippen molar-refractivity contribution in [2.75, 3.05) is 0 Å². The third-order valence-corrected chi connectivity index (χ3v) is 2.11. The molecule has 0 heterocycles. The molecule has 0 saturated carbocycles. The van der Waals surface area contributed by atoms with Gasteiger partial charge in [-0.25, -0.2) is 14.4 Å². The standard InChI is InChI=1S/C12H6O9/c13-4-19-10(16)7-1-8(11(17)20-5-14)3-9(2-7)12(18)21-6-15/h1-6H. The summed E-state index contributed by atoms with van der Waals surface area (Å²) in [5.41, 5.74) is -1.08. The van der Waals surface area contributed by atoms with Crippen LogP contribution in [-0.4, -0.2) is 37.3 Å². The fourth-order valence-corrected chi connectivity index (χ4v) is 1.32. The lowest BCUT2D eigenvalue weighted by Crippen LogP contribution is -2.12. The van der Waals surface area contributed by atoms with E-state index in [2.05, 4.69) is 14.2 Å². The molecule has 0 radical (unpaired) electrons. The average Bonchev–Trinajstić information content (AvgIpc) is 2.47. The predicted molar refractivity (Wildman–Crippen MR) is 60.9 cm³/mol. The molecule has 1 rings (SSSR count). The summed E-state index contributed by atoms with van der Waals surface area (Å²) in [5.74, 6) is -3.48. The minimum atomic E-state index is -1.16. The van der Waals surface area contributed by atoms with Crippen molar-refractivity contribution in [1.82, 2.24) is 0 Å². The highest BCUT2D eigenvalue weighted by molar-refractivity contribution is 6.03. The molecule has 0 amide bonds. The Morgan fingerprint density at radius 2 is 0.857 bits per heavy atom. The third-order valence-electron chi connectivity index (χ3n) is 2.11. The van der Waals surface area contributed by atoms with E-state index in [4.69, 9.17) is 0 Å². The van der Waals surface area contributed by atoms with Crippen molar-refractivity contribution in [3.63, 3.8) is 0 Å². The molecule has 0 fully saturated rings. The van der Waals surface area contributed by atoms with Crippen molar-refractivity contribution >= 4 is 37.3 Å². The highest BCUT2D eigenvalue weighted by Crippen LogP contribution is 2.14. The van der Waals surface area contributed by atoms with Gasteiger partial charge in [0, 0.05) is 0 Å². The molecule has 0 N–H and O–H groups in total. The number of esters is 3. The van der Waals surface area contributed by atoms with E-state index in [0.717, 1.165) is 18.2 Å². The highest BCUT2D eigenvalue weighted by atomic mass is 16.6. The molecule has 1 aromatic rings. The first-order chi connectivity index (χ1) is 10.0. The van der Waals surface area contributed by atoms with Crippen LogP contribution in [0.5, 0.6) is 0 Å². The monoisotopic (exact) mass is 294 g/mol. The zero-order valence-corrected chi connectivity index (χ0v) is 10.1. The van der Waals surface area contributed by atoms with Crippen LogP contribution in [0.4, 0.5) is 0 Å². The van der Waals surface area contributed by atoms with E-state index in [1.54, 1.807) is 0 Å². The molecular weight excluding hydrogens is 288 g/mol. The van der Waals surface area contributed by atoms with Gasteiger partial charge in [0.2, 0.25) is 0 Å². The number of hydrogen-bond donors (Lipinski definition) is 0. The molecule has 0 saturated heterocycles. The van der Waals surface area contributed by atoms with Crippen molar-refractivity contribution in [3.8, 4) is 0 Å². The summed E-state index contributed by atoms with van der Waals surface area (Å²) in [6.07, 6.45) is 0. The van der Waals surface area contributed by atoms with E-state index in [-0.39, 0.29) is 36.1 Å². The topological polar surface area (TPSA) is 130 Å². The first kappa shape index (κ1) is 15.7. The second kappa shape index (κ2) is 7.28. The number of benzene rings is 1. The van der Waals surface area contributed by atoms with Gasteiger partial charge < -0.3 is 14.2 Å². The SMILES string of the molecule is O=COC(=O)c1cc(C(=O)OC=O)cc(C(=O)OC=O)c1. The molecule has 9 nitrogen and oxygen atoms in total. The fraction of sp³-hybridized carbons (Fsp3) is 0. The Bertz CT molecular complexity index is 519. The molecule has 0 aliphatic rings. The van der Waals surface area contributed by atoms with Crippen LogP contribution in [-0.2, 0) is 28.6 Å². The van der Waals surface area contributed by atoms with Crippen LogP contribution in [0.25, 0.3) is 0 Å². The Labute approximate surface area is 116 Å². The summed E-state index contributed by atoms with van der Waals surface area (Å²) in [7, 11) is 0. The van der Waals surface area contributed by atoms with Crippen LogP contribution in [0.2, 0.25) is 0 Å². The minimum absolute atomic E-state index is 0.151. The number of rotatable bonds is 6. The Morgan fingerprint density at radius 3 is 1.05 bits per heavy atom. The zero-order chi connectivity index (χ0) is 15.8. The summed E-state index contributed by atoms with van der Waals surface area (Å²) in [6, 6.07) is 2.78. The summed E-state index contributed by atoms with van der Waals surface area (Å²) in [4.78, 5) is 64.6. The molecule has 0 aliphatic carbocycles. The summed E-state index contributed by atoms with van der Waals surface area (Å²) >= 11 is 0. The fourth-order valence-electron chi connectivity index (χ4n) is 1.32. The number of carbonyl (C=O) groups excluding carboxylic acids is 6. The maximum Gasteiger partial charge on any atom is 0.345 e. The summed E-state index contributed by atoms with van der Waals surface area (Å²) in [6.45, 7) is -0.452. The number of ether oxygens (including phenoxy) is 3. The molecule has 0 atom stereocenters. The van der Waals surface area contributed by atoms with Gasteiger partial charge in [0.05, 0.1) is 16.7 Å². The van der Waals surface area contributed by atoms with E-state index in [1.165, 1.54) is 0 Å². The molecule has 108 valence electrons.